The molecule has 0 aliphatic carbocycles. The lowest BCUT2D eigenvalue weighted by Gasteiger charge is -2.24. The van der Waals surface area contributed by atoms with Crippen LogP contribution in [-0.4, -0.2) is 24.8 Å². The lowest BCUT2D eigenvalue weighted by molar-refractivity contribution is -0.120. The number of hydrogen-bond donors (Lipinski definition) is 3. The van der Waals surface area contributed by atoms with Crippen molar-refractivity contribution in [3.05, 3.63) is 101 Å². The molecule has 8 heteroatoms. The molecule has 4 rings (SSSR count). The van der Waals surface area contributed by atoms with Crippen molar-refractivity contribution in [2.45, 2.75) is 13.0 Å². The summed E-state index contributed by atoms with van der Waals surface area (Å²) in [7, 11) is 0. The number of nitrogens with one attached hydrogen (secondary N) is 2. The van der Waals surface area contributed by atoms with Gasteiger partial charge in [-0.3, -0.25) is 19.3 Å². The van der Waals surface area contributed by atoms with Gasteiger partial charge in [0.25, 0.3) is 5.91 Å². The first-order valence-corrected chi connectivity index (χ1v) is 11.7. The van der Waals surface area contributed by atoms with Crippen molar-refractivity contribution in [2.75, 3.05) is 22.5 Å². The Morgan fingerprint density at radius 1 is 1.00 bits per heavy atom. The molecule has 4 N–H and O–H groups in total. The monoisotopic (exact) mass is 500 g/mol. The van der Waals surface area contributed by atoms with Gasteiger partial charge in [0.15, 0.2) is 0 Å². The molecule has 0 spiro atoms. The number of amides is 3. The molecule has 1 atom stereocenters. The highest BCUT2D eigenvalue weighted by molar-refractivity contribution is 6.33. The molecule has 0 unspecified atom stereocenters. The minimum Gasteiger partial charge on any atom is -0.398 e. The van der Waals surface area contributed by atoms with E-state index in [2.05, 4.69) is 10.6 Å². The molecule has 36 heavy (non-hydrogen) atoms. The second-order valence-electron chi connectivity index (χ2n) is 8.29. The zero-order valence-electron chi connectivity index (χ0n) is 19.6. The van der Waals surface area contributed by atoms with Crippen molar-refractivity contribution < 1.29 is 14.4 Å². The molecular weight excluding hydrogens is 476 g/mol. The van der Waals surface area contributed by atoms with Crippen LogP contribution >= 0.6 is 11.6 Å². The van der Waals surface area contributed by atoms with E-state index in [1.165, 1.54) is 11.0 Å². The summed E-state index contributed by atoms with van der Waals surface area (Å²) in [6.07, 6.45) is 0.566. The Hall–Kier alpha value is -4.36. The molecular formula is C28H25ClN4O3. The Kier molecular flexibility index (Phi) is 7.51. The van der Waals surface area contributed by atoms with E-state index in [0.717, 1.165) is 16.3 Å². The van der Waals surface area contributed by atoms with E-state index in [1.54, 1.807) is 36.4 Å². The molecule has 0 aliphatic rings. The molecule has 0 fully saturated rings. The van der Waals surface area contributed by atoms with Crippen molar-refractivity contribution in [3.63, 3.8) is 0 Å². The average molecular weight is 501 g/mol. The number of halogens is 1. The maximum absolute atomic E-state index is 13.5. The normalized spacial score (nSPS) is 11.5. The molecule has 182 valence electrons. The number of nitrogens with zero attached hydrogens (tertiary/aromatic N) is 1. The second kappa shape index (κ2) is 10.9. The van der Waals surface area contributed by atoms with E-state index in [4.69, 9.17) is 17.3 Å². The Morgan fingerprint density at radius 2 is 1.72 bits per heavy atom. The predicted octanol–water partition coefficient (Wildman–Crippen LogP) is 5.17. The van der Waals surface area contributed by atoms with Gasteiger partial charge in [0.05, 0.1) is 16.8 Å². The number of carbonyl (C=O) groups excluding carboxylic acids is 3. The standard InChI is InChI=1S/C28H25ClN4O3/c1-18(23-8-4-6-19-5-2-3-7-24(19)23)32-27(35)16-33(22-12-10-21(11-13-22)31-17-34)28(36)20-9-14-25(29)26(30)15-20/h2-15,17-18H,16,30H2,1H3,(H,31,34)(H,32,35)/t18-/m0/s1. The summed E-state index contributed by atoms with van der Waals surface area (Å²) in [5.74, 6) is -0.747. The van der Waals surface area contributed by atoms with E-state index in [0.29, 0.717) is 28.4 Å². The van der Waals surface area contributed by atoms with E-state index >= 15 is 0 Å². The largest absolute Gasteiger partial charge is 0.398 e. The first-order chi connectivity index (χ1) is 17.4. The number of nitrogen functional groups attached to an aromatic ring is 1. The van der Waals surface area contributed by atoms with Crippen LogP contribution in [0.5, 0.6) is 0 Å². The van der Waals surface area contributed by atoms with Crippen LogP contribution in [0.25, 0.3) is 10.8 Å². The summed E-state index contributed by atoms with van der Waals surface area (Å²) < 4.78 is 0. The van der Waals surface area contributed by atoms with Crippen LogP contribution in [0.4, 0.5) is 17.1 Å². The smallest absolute Gasteiger partial charge is 0.258 e. The Labute approximate surface area is 213 Å². The SMILES string of the molecule is C[C@H](NC(=O)CN(C(=O)c1ccc(Cl)c(N)c1)c1ccc(NC=O)cc1)c1cccc2ccccc12. The summed E-state index contributed by atoms with van der Waals surface area (Å²) in [6.45, 7) is 1.68. The van der Waals surface area contributed by atoms with Gasteiger partial charge in [-0.1, -0.05) is 54.1 Å². The highest BCUT2D eigenvalue weighted by Gasteiger charge is 2.23. The number of fused-ring (bicyclic) bond motifs is 1. The van der Waals surface area contributed by atoms with E-state index in [9.17, 15) is 14.4 Å². The molecule has 0 bridgehead atoms. The van der Waals surface area contributed by atoms with Crippen LogP contribution in [0, 0.1) is 0 Å². The van der Waals surface area contributed by atoms with Gasteiger partial charge in [0, 0.05) is 16.9 Å². The number of benzene rings is 4. The molecule has 3 amide bonds. The maximum atomic E-state index is 13.5. The summed E-state index contributed by atoms with van der Waals surface area (Å²) in [6, 6.07) is 24.8. The lowest BCUT2D eigenvalue weighted by Crippen LogP contribution is -2.41. The fourth-order valence-electron chi connectivity index (χ4n) is 4.06. The van der Waals surface area contributed by atoms with Crippen LogP contribution < -0.4 is 21.3 Å². The van der Waals surface area contributed by atoms with E-state index in [1.807, 2.05) is 49.4 Å². The Bertz CT molecular complexity index is 1420. The van der Waals surface area contributed by atoms with E-state index < -0.39 is 5.91 Å². The van der Waals surface area contributed by atoms with Crippen molar-refractivity contribution in [2.24, 2.45) is 0 Å². The zero-order valence-corrected chi connectivity index (χ0v) is 20.3. The average Bonchev–Trinajstić information content (AvgIpc) is 2.89. The number of rotatable bonds is 8. The number of carbonyl (C=O) groups is 3. The third-order valence-corrected chi connectivity index (χ3v) is 6.21. The third kappa shape index (κ3) is 5.47. The third-order valence-electron chi connectivity index (χ3n) is 5.86. The van der Waals surface area contributed by atoms with Crippen molar-refractivity contribution >= 4 is 57.7 Å². The van der Waals surface area contributed by atoms with Crippen LogP contribution in [0.3, 0.4) is 0 Å². The van der Waals surface area contributed by atoms with Gasteiger partial charge in [-0.25, -0.2) is 0 Å². The molecule has 4 aromatic carbocycles. The highest BCUT2D eigenvalue weighted by atomic mass is 35.5. The fourth-order valence-corrected chi connectivity index (χ4v) is 4.17. The van der Waals surface area contributed by atoms with Gasteiger partial charge in [-0.15, -0.1) is 0 Å². The van der Waals surface area contributed by atoms with Gasteiger partial charge < -0.3 is 16.4 Å². The molecule has 0 heterocycles. The Balaban J connectivity index is 1.60. The van der Waals surface area contributed by atoms with Crippen molar-refractivity contribution in [1.82, 2.24) is 5.32 Å². The van der Waals surface area contributed by atoms with Crippen LogP contribution in [0.15, 0.2) is 84.9 Å². The van der Waals surface area contributed by atoms with E-state index in [-0.39, 0.29) is 24.2 Å². The summed E-state index contributed by atoms with van der Waals surface area (Å²) in [5.41, 5.74) is 8.49. The van der Waals surface area contributed by atoms with Gasteiger partial charge in [-0.2, -0.15) is 0 Å². The first-order valence-electron chi connectivity index (χ1n) is 11.3. The van der Waals surface area contributed by atoms with Gasteiger partial charge in [0.2, 0.25) is 12.3 Å². The first kappa shape index (κ1) is 24.8. The van der Waals surface area contributed by atoms with Crippen molar-refractivity contribution in [3.8, 4) is 0 Å². The predicted molar refractivity (Wildman–Crippen MR) is 144 cm³/mol. The maximum Gasteiger partial charge on any atom is 0.258 e. The second-order valence-corrected chi connectivity index (χ2v) is 8.70. The van der Waals surface area contributed by atoms with Gasteiger partial charge >= 0.3 is 0 Å². The number of anilines is 3. The molecule has 0 aromatic heterocycles. The summed E-state index contributed by atoms with van der Waals surface area (Å²) >= 11 is 6.02. The Morgan fingerprint density at radius 3 is 2.44 bits per heavy atom. The fraction of sp³-hybridized carbons (Fsp3) is 0.107. The van der Waals surface area contributed by atoms with Gasteiger partial charge in [0.1, 0.15) is 6.54 Å². The van der Waals surface area contributed by atoms with Crippen LogP contribution in [-0.2, 0) is 9.59 Å². The summed E-state index contributed by atoms with van der Waals surface area (Å²) in [4.78, 5) is 38.7. The number of nitrogens with two attached hydrogens (primary N) is 1. The van der Waals surface area contributed by atoms with Crippen molar-refractivity contribution in [1.29, 1.82) is 0 Å². The number of hydrogen-bond acceptors (Lipinski definition) is 4. The molecule has 0 saturated heterocycles. The zero-order chi connectivity index (χ0) is 25.7. The molecule has 4 aromatic rings. The van der Waals surface area contributed by atoms with Gasteiger partial charge in [-0.05, 0) is 65.7 Å². The minimum absolute atomic E-state index is 0.225. The molecule has 0 aliphatic heterocycles. The molecule has 7 nitrogen and oxygen atoms in total. The quantitative estimate of drug-likeness (QED) is 0.229. The lowest BCUT2D eigenvalue weighted by atomic mass is 10.00. The molecule has 0 radical (unpaired) electrons. The van der Waals surface area contributed by atoms with Crippen LogP contribution in [0.1, 0.15) is 28.9 Å². The minimum atomic E-state index is -0.414. The van der Waals surface area contributed by atoms with Crippen LogP contribution in [0.2, 0.25) is 5.02 Å². The molecule has 0 saturated carbocycles. The topological polar surface area (TPSA) is 105 Å². The summed E-state index contributed by atoms with van der Waals surface area (Å²) in [5, 5.41) is 8.03. The highest BCUT2D eigenvalue weighted by Crippen LogP contribution is 2.26.